The van der Waals surface area contributed by atoms with Crippen LogP contribution in [0.5, 0.6) is 0 Å². The molecule has 1 heterocycles. The minimum atomic E-state index is 0.691. The average Bonchev–Trinajstić information content (AvgIpc) is 2.87. The molecule has 132 valence electrons. The Hall–Kier alpha value is -1.81. The van der Waals surface area contributed by atoms with Crippen molar-refractivity contribution in [1.29, 1.82) is 0 Å². The number of hydrogen-bond donors (Lipinski definition) is 2. The predicted molar refractivity (Wildman–Crippen MR) is 103 cm³/mol. The maximum atomic E-state index is 4.62. The van der Waals surface area contributed by atoms with Gasteiger partial charge in [-0.1, -0.05) is 43.2 Å². The molecule has 1 saturated heterocycles. The van der Waals surface area contributed by atoms with Crippen LogP contribution >= 0.6 is 0 Å². The van der Waals surface area contributed by atoms with Crippen molar-refractivity contribution in [3.8, 4) is 0 Å². The molecular weight excluding hydrogens is 296 g/mol. The summed E-state index contributed by atoms with van der Waals surface area (Å²) in [5.74, 6) is 0.839. The van der Waals surface area contributed by atoms with Crippen LogP contribution in [0.4, 0.5) is 0 Å². The first-order chi connectivity index (χ1) is 11.8. The molecule has 0 atom stereocenters. The maximum absolute atomic E-state index is 4.62. The standard InChI is InChI=1S/C20H32N4/c1-3-13-22-20(21-4-2)23-16-18-9-11-19(12-10-18)17-24-14-7-5-6-8-15-24/h3,9-12H,1,4-8,13-17H2,2H3,(H2,21,22,23). The van der Waals surface area contributed by atoms with Crippen molar-refractivity contribution < 1.29 is 0 Å². The lowest BCUT2D eigenvalue weighted by Crippen LogP contribution is -2.37. The second kappa shape index (κ2) is 10.9. The second-order valence-electron chi connectivity index (χ2n) is 6.37. The van der Waals surface area contributed by atoms with Gasteiger partial charge in [0.1, 0.15) is 0 Å². The van der Waals surface area contributed by atoms with Crippen molar-refractivity contribution in [2.24, 2.45) is 4.99 Å². The van der Waals surface area contributed by atoms with Gasteiger partial charge in [0, 0.05) is 19.6 Å². The van der Waals surface area contributed by atoms with E-state index in [4.69, 9.17) is 0 Å². The van der Waals surface area contributed by atoms with Gasteiger partial charge in [0.2, 0.25) is 0 Å². The van der Waals surface area contributed by atoms with Crippen LogP contribution < -0.4 is 10.6 Å². The Balaban J connectivity index is 1.87. The van der Waals surface area contributed by atoms with Crippen LogP contribution in [-0.2, 0) is 13.1 Å². The zero-order valence-corrected chi connectivity index (χ0v) is 15.1. The summed E-state index contributed by atoms with van der Waals surface area (Å²) in [6, 6.07) is 8.90. The first kappa shape index (κ1) is 18.5. The van der Waals surface area contributed by atoms with Crippen LogP contribution in [0, 0.1) is 0 Å². The molecule has 1 aromatic carbocycles. The summed E-state index contributed by atoms with van der Waals surface area (Å²) in [4.78, 5) is 7.20. The number of benzene rings is 1. The molecule has 2 N–H and O–H groups in total. The molecule has 1 aromatic rings. The summed E-state index contributed by atoms with van der Waals surface area (Å²) >= 11 is 0. The average molecular weight is 329 g/mol. The minimum Gasteiger partial charge on any atom is -0.357 e. The van der Waals surface area contributed by atoms with Gasteiger partial charge in [-0.25, -0.2) is 4.99 Å². The van der Waals surface area contributed by atoms with Gasteiger partial charge in [0.15, 0.2) is 5.96 Å². The Labute approximate surface area is 147 Å². The number of likely N-dealkylation sites (tertiary alicyclic amines) is 1. The van der Waals surface area contributed by atoms with Gasteiger partial charge in [-0.2, -0.15) is 0 Å². The number of guanidine groups is 1. The highest BCUT2D eigenvalue weighted by Gasteiger charge is 2.09. The Morgan fingerprint density at radius 3 is 2.38 bits per heavy atom. The largest absolute Gasteiger partial charge is 0.357 e. The van der Waals surface area contributed by atoms with Crippen molar-refractivity contribution in [2.45, 2.75) is 45.7 Å². The molecule has 0 unspecified atom stereocenters. The second-order valence-corrected chi connectivity index (χ2v) is 6.37. The van der Waals surface area contributed by atoms with Crippen LogP contribution in [0.2, 0.25) is 0 Å². The Morgan fingerprint density at radius 2 is 1.75 bits per heavy atom. The summed E-state index contributed by atoms with van der Waals surface area (Å²) in [5.41, 5.74) is 2.65. The third kappa shape index (κ3) is 6.75. The topological polar surface area (TPSA) is 39.7 Å². The lowest BCUT2D eigenvalue weighted by atomic mass is 10.1. The lowest BCUT2D eigenvalue weighted by molar-refractivity contribution is 0.277. The predicted octanol–water partition coefficient (Wildman–Crippen LogP) is 3.30. The van der Waals surface area contributed by atoms with Gasteiger partial charge in [0.25, 0.3) is 0 Å². The first-order valence-corrected chi connectivity index (χ1v) is 9.25. The van der Waals surface area contributed by atoms with Gasteiger partial charge in [0.05, 0.1) is 6.54 Å². The number of nitrogens with zero attached hydrogens (tertiary/aromatic N) is 2. The molecule has 4 nitrogen and oxygen atoms in total. The molecule has 1 aliphatic heterocycles. The fourth-order valence-corrected chi connectivity index (χ4v) is 2.98. The monoisotopic (exact) mass is 328 g/mol. The highest BCUT2D eigenvalue weighted by molar-refractivity contribution is 5.79. The van der Waals surface area contributed by atoms with Gasteiger partial charge >= 0.3 is 0 Å². The third-order valence-corrected chi connectivity index (χ3v) is 4.31. The molecule has 0 bridgehead atoms. The fraction of sp³-hybridized carbons (Fsp3) is 0.550. The van der Waals surface area contributed by atoms with Gasteiger partial charge in [-0.15, -0.1) is 6.58 Å². The minimum absolute atomic E-state index is 0.691. The van der Waals surface area contributed by atoms with Gasteiger partial charge < -0.3 is 10.6 Å². The highest BCUT2D eigenvalue weighted by Crippen LogP contribution is 2.14. The molecular formula is C20H32N4. The Morgan fingerprint density at radius 1 is 1.08 bits per heavy atom. The summed E-state index contributed by atoms with van der Waals surface area (Å²) < 4.78 is 0. The molecule has 0 amide bonds. The number of nitrogens with one attached hydrogen (secondary N) is 2. The fourth-order valence-electron chi connectivity index (χ4n) is 2.98. The Bertz CT molecular complexity index is 499. The van der Waals surface area contributed by atoms with Crippen LogP contribution in [0.15, 0.2) is 41.9 Å². The van der Waals surface area contributed by atoms with E-state index in [0.717, 1.165) is 25.6 Å². The van der Waals surface area contributed by atoms with E-state index in [9.17, 15) is 0 Å². The van der Waals surface area contributed by atoms with E-state index in [0.29, 0.717) is 6.54 Å². The molecule has 24 heavy (non-hydrogen) atoms. The number of aliphatic imine (C=N–C) groups is 1. The normalized spacial score (nSPS) is 16.5. The van der Waals surface area contributed by atoms with Crippen molar-refractivity contribution in [3.05, 3.63) is 48.0 Å². The van der Waals surface area contributed by atoms with Crippen LogP contribution in [0.3, 0.4) is 0 Å². The first-order valence-electron chi connectivity index (χ1n) is 9.25. The van der Waals surface area contributed by atoms with E-state index in [2.05, 4.69) is 58.3 Å². The van der Waals surface area contributed by atoms with E-state index >= 15 is 0 Å². The highest BCUT2D eigenvalue weighted by atomic mass is 15.2. The molecule has 0 aliphatic carbocycles. The smallest absolute Gasteiger partial charge is 0.191 e. The lowest BCUT2D eigenvalue weighted by Gasteiger charge is -2.19. The van der Waals surface area contributed by atoms with Crippen LogP contribution in [-0.4, -0.2) is 37.0 Å². The van der Waals surface area contributed by atoms with Crippen LogP contribution in [0.1, 0.15) is 43.7 Å². The quantitative estimate of drug-likeness (QED) is 0.458. The maximum Gasteiger partial charge on any atom is 0.191 e. The van der Waals surface area contributed by atoms with E-state index < -0.39 is 0 Å². The van der Waals surface area contributed by atoms with E-state index in [1.807, 2.05) is 6.08 Å². The van der Waals surface area contributed by atoms with Crippen molar-refractivity contribution in [3.63, 3.8) is 0 Å². The van der Waals surface area contributed by atoms with E-state index in [1.165, 1.54) is 49.9 Å². The molecule has 0 spiro atoms. The summed E-state index contributed by atoms with van der Waals surface area (Å²) in [6.45, 7) is 11.6. The van der Waals surface area contributed by atoms with Crippen molar-refractivity contribution >= 4 is 5.96 Å². The van der Waals surface area contributed by atoms with Crippen molar-refractivity contribution in [1.82, 2.24) is 15.5 Å². The summed E-state index contributed by atoms with van der Waals surface area (Å²) in [5, 5.41) is 6.47. The molecule has 1 aliphatic rings. The zero-order chi connectivity index (χ0) is 17.0. The van der Waals surface area contributed by atoms with Crippen molar-refractivity contribution in [2.75, 3.05) is 26.2 Å². The van der Waals surface area contributed by atoms with Crippen LogP contribution in [0.25, 0.3) is 0 Å². The SMILES string of the molecule is C=CCNC(=NCc1ccc(CN2CCCCCC2)cc1)NCC. The molecule has 0 radical (unpaired) electrons. The summed E-state index contributed by atoms with van der Waals surface area (Å²) in [6.07, 6.45) is 7.31. The van der Waals surface area contributed by atoms with E-state index in [-0.39, 0.29) is 0 Å². The summed E-state index contributed by atoms with van der Waals surface area (Å²) in [7, 11) is 0. The van der Waals surface area contributed by atoms with Gasteiger partial charge in [-0.05, 0) is 44.0 Å². The molecule has 1 fully saturated rings. The van der Waals surface area contributed by atoms with Gasteiger partial charge in [-0.3, -0.25) is 4.90 Å². The third-order valence-electron chi connectivity index (χ3n) is 4.31. The zero-order valence-electron chi connectivity index (χ0n) is 15.1. The molecule has 4 heteroatoms. The van der Waals surface area contributed by atoms with E-state index in [1.54, 1.807) is 0 Å². The molecule has 0 aromatic heterocycles. The number of rotatable bonds is 7. The Kier molecular flexibility index (Phi) is 8.39. The molecule has 2 rings (SSSR count). The number of hydrogen-bond acceptors (Lipinski definition) is 2. The molecule has 0 saturated carbocycles.